The molecule has 2 atom stereocenters. The number of hydrogen-bond acceptors (Lipinski definition) is 3. The number of carbonyl (C=O) groups excluding carboxylic acids is 1. The van der Waals surface area contributed by atoms with Gasteiger partial charge < -0.3 is 9.84 Å². The van der Waals surface area contributed by atoms with Gasteiger partial charge in [-0.15, -0.1) is 0 Å². The van der Waals surface area contributed by atoms with Gasteiger partial charge in [0.15, 0.2) is 0 Å². The van der Waals surface area contributed by atoms with Crippen molar-refractivity contribution >= 4 is 5.97 Å². The number of methoxy groups -OCH3 is 1. The molecular weight excluding hydrogens is 240 g/mol. The molecule has 2 rings (SSSR count). The van der Waals surface area contributed by atoms with E-state index in [1.54, 1.807) is 12.1 Å². The predicted molar refractivity (Wildman–Crippen MR) is 72.6 cm³/mol. The van der Waals surface area contributed by atoms with Gasteiger partial charge in [-0.05, 0) is 11.1 Å². The number of aliphatic hydroxyl groups is 1. The SMILES string of the molecule is COC(=O)[C@H](c1ccccc1)[C@H](O)c1ccccc1. The van der Waals surface area contributed by atoms with Crippen LogP contribution in [0.3, 0.4) is 0 Å². The molecule has 1 N–H and O–H groups in total. The summed E-state index contributed by atoms with van der Waals surface area (Å²) in [6.07, 6.45) is -0.920. The first-order valence-electron chi connectivity index (χ1n) is 6.10. The monoisotopic (exact) mass is 256 g/mol. The number of ether oxygens (including phenoxy) is 1. The molecule has 3 heteroatoms. The van der Waals surface area contributed by atoms with Gasteiger partial charge in [-0.25, -0.2) is 0 Å². The molecule has 0 unspecified atom stereocenters. The molecule has 0 aromatic heterocycles. The van der Waals surface area contributed by atoms with Crippen molar-refractivity contribution in [3.63, 3.8) is 0 Å². The minimum Gasteiger partial charge on any atom is -0.468 e. The number of hydrogen-bond donors (Lipinski definition) is 1. The molecule has 98 valence electrons. The second-order valence-electron chi connectivity index (χ2n) is 4.27. The highest BCUT2D eigenvalue weighted by atomic mass is 16.5. The van der Waals surface area contributed by atoms with Crippen molar-refractivity contribution in [2.45, 2.75) is 12.0 Å². The van der Waals surface area contributed by atoms with Gasteiger partial charge in [-0.3, -0.25) is 4.79 Å². The van der Waals surface area contributed by atoms with Gasteiger partial charge in [0, 0.05) is 0 Å². The molecule has 0 bridgehead atoms. The van der Waals surface area contributed by atoms with E-state index in [0.717, 1.165) is 5.56 Å². The van der Waals surface area contributed by atoms with Gasteiger partial charge in [-0.1, -0.05) is 60.7 Å². The van der Waals surface area contributed by atoms with E-state index in [-0.39, 0.29) is 0 Å². The Morgan fingerprint density at radius 2 is 1.42 bits per heavy atom. The summed E-state index contributed by atoms with van der Waals surface area (Å²) in [6, 6.07) is 18.3. The van der Waals surface area contributed by atoms with Crippen LogP contribution >= 0.6 is 0 Å². The van der Waals surface area contributed by atoms with Crippen molar-refractivity contribution < 1.29 is 14.6 Å². The summed E-state index contributed by atoms with van der Waals surface area (Å²) < 4.78 is 4.81. The van der Waals surface area contributed by atoms with Gasteiger partial charge in [0.25, 0.3) is 0 Å². The molecule has 0 heterocycles. The van der Waals surface area contributed by atoms with Crippen molar-refractivity contribution in [3.8, 4) is 0 Å². The maximum absolute atomic E-state index is 11.9. The van der Waals surface area contributed by atoms with E-state index in [9.17, 15) is 9.90 Å². The summed E-state index contributed by atoms with van der Waals surface area (Å²) in [5.74, 6) is -1.16. The standard InChI is InChI=1S/C16H16O3/c1-19-16(18)14(12-8-4-2-5-9-12)15(17)13-10-6-3-7-11-13/h2-11,14-15,17H,1H3/t14-,15-/m1/s1. The molecule has 0 amide bonds. The molecule has 0 saturated carbocycles. The van der Waals surface area contributed by atoms with E-state index in [4.69, 9.17) is 4.74 Å². The van der Waals surface area contributed by atoms with Crippen LogP contribution < -0.4 is 0 Å². The van der Waals surface area contributed by atoms with E-state index in [2.05, 4.69) is 0 Å². The molecule has 19 heavy (non-hydrogen) atoms. The fourth-order valence-corrected chi connectivity index (χ4v) is 2.08. The quantitative estimate of drug-likeness (QED) is 0.855. The van der Waals surface area contributed by atoms with Crippen LogP contribution in [-0.4, -0.2) is 18.2 Å². The predicted octanol–water partition coefficient (Wildman–Crippen LogP) is 2.68. The van der Waals surface area contributed by atoms with Crippen molar-refractivity contribution in [3.05, 3.63) is 71.8 Å². The number of benzene rings is 2. The summed E-state index contributed by atoms with van der Waals surface area (Å²) in [7, 11) is 1.33. The van der Waals surface area contributed by atoms with Crippen LogP contribution in [0.25, 0.3) is 0 Å². The fourth-order valence-electron chi connectivity index (χ4n) is 2.08. The third kappa shape index (κ3) is 3.01. The first-order valence-corrected chi connectivity index (χ1v) is 6.10. The Balaban J connectivity index is 2.36. The Bertz CT molecular complexity index is 522. The Labute approximate surface area is 112 Å². The van der Waals surface area contributed by atoms with Gasteiger partial charge >= 0.3 is 5.97 Å². The molecule has 2 aromatic rings. The maximum Gasteiger partial charge on any atom is 0.316 e. The van der Waals surface area contributed by atoms with E-state index < -0.39 is 18.0 Å². The Kier molecular flexibility index (Phi) is 4.31. The van der Waals surface area contributed by atoms with Gasteiger partial charge in [0.2, 0.25) is 0 Å². The first kappa shape index (κ1) is 13.3. The normalized spacial score (nSPS) is 13.6. The van der Waals surface area contributed by atoms with E-state index in [0.29, 0.717) is 5.56 Å². The average molecular weight is 256 g/mol. The molecular formula is C16H16O3. The number of carbonyl (C=O) groups is 1. The van der Waals surface area contributed by atoms with Crippen LogP contribution in [0.1, 0.15) is 23.1 Å². The van der Waals surface area contributed by atoms with Crippen molar-refractivity contribution in [2.24, 2.45) is 0 Å². The number of rotatable bonds is 4. The number of aliphatic hydroxyl groups excluding tert-OH is 1. The van der Waals surface area contributed by atoms with Crippen LogP contribution in [0, 0.1) is 0 Å². The smallest absolute Gasteiger partial charge is 0.316 e. The third-order valence-corrected chi connectivity index (χ3v) is 3.07. The molecule has 3 nitrogen and oxygen atoms in total. The number of esters is 1. The third-order valence-electron chi connectivity index (χ3n) is 3.07. The lowest BCUT2D eigenvalue weighted by Gasteiger charge is -2.21. The zero-order valence-corrected chi connectivity index (χ0v) is 10.7. The van der Waals surface area contributed by atoms with Crippen molar-refractivity contribution in [1.82, 2.24) is 0 Å². The zero-order chi connectivity index (χ0) is 13.7. The van der Waals surface area contributed by atoms with Gasteiger partial charge in [0.1, 0.15) is 5.92 Å². The van der Waals surface area contributed by atoms with E-state index in [1.807, 2.05) is 48.5 Å². The lowest BCUT2D eigenvalue weighted by atomic mass is 9.89. The minimum absolute atomic E-state index is 0.442. The van der Waals surface area contributed by atoms with Crippen molar-refractivity contribution in [2.75, 3.05) is 7.11 Å². The molecule has 0 fully saturated rings. The first-order chi connectivity index (χ1) is 9.24. The van der Waals surface area contributed by atoms with Crippen LogP contribution in [0.4, 0.5) is 0 Å². The Morgan fingerprint density at radius 1 is 0.947 bits per heavy atom. The molecule has 0 aliphatic heterocycles. The molecule has 0 spiro atoms. The van der Waals surface area contributed by atoms with Gasteiger partial charge in [0.05, 0.1) is 13.2 Å². The van der Waals surface area contributed by atoms with Crippen molar-refractivity contribution in [1.29, 1.82) is 0 Å². The average Bonchev–Trinajstić information content (AvgIpc) is 2.49. The summed E-state index contributed by atoms with van der Waals surface area (Å²) in [4.78, 5) is 11.9. The highest BCUT2D eigenvalue weighted by molar-refractivity contribution is 5.79. The summed E-state index contributed by atoms with van der Waals surface area (Å²) in [5.41, 5.74) is 1.44. The lowest BCUT2D eigenvalue weighted by molar-refractivity contribution is -0.145. The molecule has 0 radical (unpaired) electrons. The second-order valence-corrected chi connectivity index (χ2v) is 4.27. The second kappa shape index (κ2) is 6.16. The van der Waals surface area contributed by atoms with Crippen LogP contribution in [0.15, 0.2) is 60.7 Å². The summed E-state index contributed by atoms with van der Waals surface area (Å²) in [5, 5.41) is 10.4. The summed E-state index contributed by atoms with van der Waals surface area (Å²) >= 11 is 0. The molecule has 0 aliphatic carbocycles. The molecule has 2 aromatic carbocycles. The highest BCUT2D eigenvalue weighted by Crippen LogP contribution is 2.31. The molecule has 0 aliphatic rings. The zero-order valence-electron chi connectivity index (χ0n) is 10.7. The highest BCUT2D eigenvalue weighted by Gasteiger charge is 2.30. The van der Waals surface area contributed by atoms with E-state index in [1.165, 1.54) is 7.11 Å². The van der Waals surface area contributed by atoms with Crippen LogP contribution in [-0.2, 0) is 9.53 Å². The maximum atomic E-state index is 11.9. The van der Waals surface area contributed by atoms with E-state index >= 15 is 0 Å². The fraction of sp³-hybridized carbons (Fsp3) is 0.188. The summed E-state index contributed by atoms with van der Waals surface area (Å²) in [6.45, 7) is 0. The lowest BCUT2D eigenvalue weighted by Crippen LogP contribution is -2.21. The molecule has 0 saturated heterocycles. The van der Waals surface area contributed by atoms with Gasteiger partial charge in [-0.2, -0.15) is 0 Å². The topological polar surface area (TPSA) is 46.5 Å². The Hall–Kier alpha value is -2.13. The Morgan fingerprint density at radius 3 is 1.89 bits per heavy atom. The van der Waals surface area contributed by atoms with Crippen LogP contribution in [0.5, 0.6) is 0 Å². The van der Waals surface area contributed by atoms with Crippen LogP contribution in [0.2, 0.25) is 0 Å². The minimum atomic E-state index is -0.920. The largest absolute Gasteiger partial charge is 0.468 e.